The Morgan fingerprint density at radius 2 is 1.87 bits per heavy atom. The third-order valence-electron chi connectivity index (χ3n) is 3.26. The van der Waals surface area contributed by atoms with Crippen LogP contribution in [-0.2, 0) is 4.74 Å². The number of rotatable bonds is 4. The van der Waals surface area contributed by atoms with Crippen molar-refractivity contribution in [1.29, 1.82) is 0 Å². The molecule has 2 rings (SSSR count). The highest BCUT2D eigenvalue weighted by Crippen LogP contribution is 2.23. The van der Waals surface area contributed by atoms with Crippen molar-refractivity contribution in [3.05, 3.63) is 58.6 Å². The zero-order valence-corrected chi connectivity index (χ0v) is 13.8. The molecule has 2 aromatic rings. The molecule has 0 aliphatic heterocycles. The first-order valence-electron chi connectivity index (χ1n) is 6.89. The summed E-state index contributed by atoms with van der Waals surface area (Å²) in [5.41, 5.74) is 1.93. The fourth-order valence-corrected chi connectivity index (χ4v) is 2.20. The van der Waals surface area contributed by atoms with E-state index in [1.807, 2.05) is 25.1 Å². The first-order valence-corrected chi connectivity index (χ1v) is 7.27. The van der Waals surface area contributed by atoms with Gasteiger partial charge in [0.15, 0.2) is 0 Å². The van der Waals surface area contributed by atoms with Crippen LogP contribution in [0.3, 0.4) is 0 Å². The van der Waals surface area contributed by atoms with Crippen molar-refractivity contribution < 1.29 is 14.3 Å². The van der Waals surface area contributed by atoms with Gasteiger partial charge in [0.05, 0.1) is 18.4 Å². The average molecular weight is 333 g/mol. The van der Waals surface area contributed by atoms with E-state index < -0.39 is 5.97 Å². The molecule has 0 aromatic heterocycles. The Morgan fingerprint density at radius 1 is 1.13 bits per heavy atom. The van der Waals surface area contributed by atoms with Gasteiger partial charge in [-0.1, -0.05) is 17.7 Å². The number of methoxy groups -OCH3 is 1. The van der Waals surface area contributed by atoms with Crippen LogP contribution in [0.1, 0.15) is 20.7 Å². The lowest BCUT2D eigenvalue weighted by Gasteiger charge is -2.14. The summed E-state index contributed by atoms with van der Waals surface area (Å²) in [5.74, 6) is -0.875. The van der Waals surface area contributed by atoms with Crippen LogP contribution in [0.5, 0.6) is 0 Å². The minimum Gasteiger partial charge on any atom is -0.465 e. The molecular formula is C17H17ClN2O3. The third-order valence-corrected chi connectivity index (χ3v) is 3.49. The summed E-state index contributed by atoms with van der Waals surface area (Å²) in [4.78, 5) is 26.1. The maximum Gasteiger partial charge on any atom is 0.339 e. The summed E-state index contributed by atoms with van der Waals surface area (Å²) in [7, 11) is 5.07. The van der Waals surface area contributed by atoms with Crippen molar-refractivity contribution in [2.24, 2.45) is 0 Å². The van der Waals surface area contributed by atoms with Gasteiger partial charge in [-0.15, -0.1) is 0 Å². The van der Waals surface area contributed by atoms with Crippen LogP contribution in [-0.4, -0.2) is 33.1 Å². The molecule has 2 aromatic carbocycles. The summed E-state index contributed by atoms with van der Waals surface area (Å²) in [6, 6.07) is 11.7. The van der Waals surface area contributed by atoms with Crippen molar-refractivity contribution >= 4 is 34.9 Å². The average Bonchev–Trinajstić information content (AvgIpc) is 2.54. The first-order chi connectivity index (χ1) is 10.9. The number of halogens is 1. The lowest BCUT2D eigenvalue weighted by atomic mass is 10.1. The monoisotopic (exact) mass is 332 g/mol. The number of benzene rings is 2. The van der Waals surface area contributed by atoms with E-state index in [-0.39, 0.29) is 11.5 Å². The molecule has 0 atom stereocenters. The quantitative estimate of drug-likeness (QED) is 0.871. The molecule has 1 amide bonds. The number of nitrogens with zero attached hydrogens (tertiary/aromatic N) is 1. The third kappa shape index (κ3) is 4.02. The van der Waals surface area contributed by atoms with Gasteiger partial charge < -0.3 is 15.0 Å². The van der Waals surface area contributed by atoms with E-state index in [1.165, 1.54) is 19.2 Å². The van der Waals surface area contributed by atoms with Gasteiger partial charge in [-0.25, -0.2) is 4.79 Å². The van der Waals surface area contributed by atoms with Gasteiger partial charge in [0, 0.05) is 30.4 Å². The SMILES string of the molecule is COC(=O)c1ccc(Cl)cc1NC(=O)c1cccc(N(C)C)c1. The van der Waals surface area contributed by atoms with E-state index in [4.69, 9.17) is 16.3 Å². The van der Waals surface area contributed by atoms with Crippen molar-refractivity contribution in [1.82, 2.24) is 0 Å². The van der Waals surface area contributed by atoms with Crippen LogP contribution in [0.25, 0.3) is 0 Å². The van der Waals surface area contributed by atoms with Gasteiger partial charge in [0.2, 0.25) is 0 Å². The zero-order chi connectivity index (χ0) is 17.0. The summed E-state index contributed by atoms with van der Waals surface area (Å²) in [6.07, 6.45) is 0. The van der Waals surface area contributed by atoms with Crippen LogP contribution in [0.2, 0.25) is 5.02 Å². The highest BCUT2D eigenvalue weighted by atomic mass is 35.5. The second-order valence-electron chi connectivity index (χ2n) is 5.08. The molecule has 0 fully saturated rings. The van der Waals surface area contributed by atoms with Crippen LogP contribution >= 0.6 is 11.6 Å². The van der Waals surface area contributed by atoms with Crippen LogP contribution < -0.4 is 10.2 Å². The molecule has 0 spiro atoms. The van der Waals surface area contributed by atoms with Crippen molar-refractivity contribution in [2.45, 2.75) is 0 Å². The number of amides is 1. The minimum atomic E-state index is -0.543. The van der Waals surface area contributed by atoms with E-state index in [1.54, 1.807) is 24.3 Å². The van der Waals surface area contributed by atoms with Gasteiger partial charge in [-0.05, 0) is 36.4 Å². The number of nitrogens with one attached hydrogen (secondary N) is 1. The van der Waals surface area contributed by atoms with Crippen molar-refractivity contribution in [3.63, 3.8) is 0 Å². The van der Waals surface area contributed by atoms with Crippen molar-refractivity contribution in [3.8, 4) is 0 Å². The number of carbonyl (C=O) groups excluding carboxylic acids is 2. The molecule has 0 heterocycles. The smallest absolute Gasteiger partial charge is 0.339 e. The molecule has 1 N–H and O–H groups in total. The summed E-state index contributed by atoms with van der Waals surface area (Å²) < 4.78 is 4.71. The first kappa shape index (κ1) is 16.8. The Labute approximate surface area is 139 Å². The number of anilines is 2. The molecule has 0 unspecified atom stereocenters. The number of esters is 1. The number of ether oxygens (including phenoxy) is 1. The van der Waals surface area contributed by atoms with Gasteiger partial charge >= 0.3 is 5.97 Å². The lowest BCUT2D eigenvalue weighted by Crippen LogP contribution is -2.16. The molecule has 0 saturated carbocycles. The standard InChI is InChI=1S/C17H17ClN2O3/c1-20(2)13-6-4-5-11(9-13)16(21)19-15-10-12(18)7-8-14(15)17(22)23-3/h4-10H,1-3H3,(H,19,21). The van der Waals surface area contributed by atoms with Gasteiger partial charge in [-0.2, -0.15) is 0 Å². The molecule has 6 heteroatoms. The fourth-order valence-electron chi connectivity index (χ4n) is 2.03. The second-order valence-corrected chi connectivity index (χ2v) is 5.52. The van der Waals surface area contributed by atoms with E-state index >= 15 is 0 Å². The Bertz CT molecular complexity index is 744. The van der Waals surface area contributed by atoms with Gasteiger partial charge in [0.25, 0.3) is 5.91 Å². The van der Waals surface area contributed by atoms with E-state index in [0.29, 0.717) is 16.3 Å². The Morgan fingerprint density at radius 3 is 2.52 bits per heavy atom. The van der Waals surface area contributed by atoms with Gasteiger partial charge in [-0.3, -0.25) is 4.79 Å². The minimum absolute atomic E-state index is 0.244. The molecule has 120 valence electrons. The Kier molecular flexibility index (Phi) is 5.24. The predicted octanol–water partition coefficient (Wildman–Crippen LogP) is 3.44. The largest absolute Gasteiger partial charge is 0.465 e. The molecule has 23 heavy (non-hydrogen) atoms. The molecule has 0 saturated heterocycles. The fraction of sp³-hybridized carbons (Fsp3) is 0.176. The van der Waals surface area contributed by atoms with Gasteiger partial charge in [0.1, 0.15) is 0 Å². The molecule has 5 nitrogen and oxygen atoms in total. The summed E-state index contributed by atoms with van der Waals surface area (Å²) >= 11 is 5.95. The molecule has 0 aliphatic carbocycles. The second kappa shape index (κ2) is 7.15. The topological polar surface area (TPSA) is 58.6 Å². The Balaban J connectivity index is 2.31. The maximum atomic E-state index is 12.4. The maximum absolute atomic E-state index is 12.4. The van der Waals surface area contributed by atoms with E-state index in [9.17, 15) is 9.59 Å². The highest BCUT2D eigenvalue weighted by molar-refractivity contribution is 6.31. The summed E-state index contributed by atoms with van der Waals surface area (Å²) in [5, 5.41) is 3.12. The molecular weight excluding hydrogens is 316 g/mol. The lowest BCUT2D eigenvalue weighted by molar-refractivity contribution is 0.0602. The van der Waals surface area contributed by atoms with E-state index in [2.05, 4.69) is 5.32 Å². The number of hydrogen-bond acceptors (Lipinski definition) is 4. The number of hydrogen-bond donors (Lipinski definition) is 1. The van der Waals surface area contributed by atoms with Crippen LogP contribution in [0.15, 0.2) is 42.5 Å². The summed E-state index contributed by atoms with van der Waals surface area (Å²) in [6.45, 7) is 0. The number of carbonyl (C=O) groups is 2. The molecule has 0 radical (unpaired) electrons. The van der Waals surface area contributed by atoms with Crippen LogP contribution in [0.4, 0.5) is 11.4 Å². The highest BCUT2D eigenvalue weighted by Gasteiger charge is 2.15. The van der Waals surface area contributed by atoms with Crippen molar-refractivity contribution in [2.75, 3.05) is 31.4 Å². The molecule has 0 aliphatic rings. The van der Waals surface area contributed by atoms with Crippen LogP contribution in [0, 0.1) is 0 Å². The zero-order valence-electron chi connectivity index (χ0n) is 13.1. The Hall–Kier alpha value is -2.53. The normalized spacial score (nSPS) is 10.1. The predicted molar refractivity (Wildman–Crippen MR) is 91.5 cm³/mol. The molecule has 0 bridgehead atoms. The van der Waals surface area contributed by atoms with E-state index in [0.717, 1.165) is 5.69 Å².